The number of piperazine rings is 1. The third-order valence-electron chi connectivity index (χ3n) is 3.65. The molecule has 0 saturated carbocycles. The molecule has 8 heteroatoms. The first-order chi connectivity index (χ1) is 10.3. The molecule has 0 bridgehead atoms. The van der Waals surface area contributed by atoms with Crippen molar-refractivity contribution in [2.24, 2.45) is 5.73 Å². The highest BCUT2D eigenvalue weighted by molar-refractivity contribution is 5.88. The molecule has 0 unspecified atom stereocenters. The Kier molecular flexibility index (Phi) is 4.92. The Labute approximate surface area is 126 Å². The van der Waals surface area contributed by atoms with Crippen molar-refractivity contribution in [3.05, 3.63) is 29.3 Å². The lowest BCUT2D eigenvalue weighted by Gasteiger charge is -2.32. The molecule has 0 aromatic heterocycles. The fourth-order valence-corrected chi connectivity index (χ4v) is 2.43. The molecule has 0 spiro atoms. The van der Waals surface area contributed by atoms with Crippen LogP contribution in [0.3, 0.4) is 0 Å². The van der Waals surface area contributed by atoms with Gasteiger partial charge in [0.05, 0.1) is 11.3 Å². The zero-order chi connectivity index (χ0) is 16.3. The Morgan fingerprint density at radius 1 is 1.27 bits per heavy atom. The number of nitrogens with zero attached hydrogens (tertiary/aromatic N) is 2. The third-order valence-corrected chi connectivity index (χ3v) is 3.65. The minimum atomic E-state index is -4.55. The number of halogens is 3. The first-order valence-electron chi connectivity index (χ1n) is 6.93. The monoisotopic (exact) mass is 316 g/mol. The Morgan fingerprint density at radius 2 is 1.91 bits per heavy atom. The number of nitrogens with one attached hydrogen (secondary N) is 1. The van der Waals surface area contributed by atoms with Gasteiger partial charge >= 0.3 is 12.2 Å². The van der Waals surface area contributed by atoms with Crippen LogP contribution in [0.5, 0.6) is 0 Å². The fourth-order valence-electron chi connectivity index (χ4n) is 2.43. The number of primary amides is 1. The van der Waals surface area contributed by atoms with E-state index in [2.05, 4.69) is 9.80 Å². The second-order valence-corrected chi connectivity index (χ2v) is 5.45. The Balaban J connectivity index is 2.17. The number of anilines is 1. The van der Waals surface area contributed by atoms with E-state index in [1.165, 1.54) is 6.07 Å². The largest absolute Gasteiger partial charge is 0.418 e. The normalized spacial score (nSPS) is 17.5. The summed E-state index contributed by atoms with van der Waals surface area (Å²) < 4.78 is 39.3. The van der Waals surface area contributed by atoms with Gasteiger partial charge in [0.1, 0.15) is 0 Å². The topological polar surface area (TPSA) is 61.6 Å². The fraction of sp³-hybridized carbons (Fsp3) is 0.500. The van der Waals surface area contributed by atoms with Crippen molar-refractivity contribution in [1.82, 2.24) is 9.80 Å². The zero-order valence-corrected chi connectivity index (χ0v) is 12.3. The molecule has 122 valence electrons. The summed E-state index contributed by atoms with van der Waals surface area (Å²) in [5, 5.41) is 2.02. The van der Waals surface area contributed by atoms with Crippen LogP contribution >= 0.6 is 0 Å². The highest BCUT2D eigenvalue weighted by Gasteiger charge is 2.34. The molecule has 3 N–H and O–H groups in total. The zero-order valence-electron chi connectivity index (χ0n) is 12.3. The number of rotatable bonds is 3. The van der Waals surface area contributed by atoms with Crippen LogP contribution in [0, 0.1) is 0 Å². The van der Waals surface area contributed by atoms with E-state index in [1.54, 1.807) is 6.07 Å². The van der Waals surface area contributed by atoms with Gasteiger partial charge in [0.25, 0.3) is 0 Å². The van der Waals surface area contributed by atoms with Crippen LogP contribution in [0.4, 0.5) is 23.7 Å². The van der Waals surface area contributed by atoms with Crippen LogP contribution in [0.1, 0.15) is 11.1 Å². The first-order valence-corrected chi connectivity index (χ1v) is 6.93. The average Bonchev–Trinajstić information content (AvgIpc) is 2.41. The van der Waals surface area contributed by atoms with Gasteiger partial charge in [-0.05, 0) is 24.7 Å². The van der Waals surface area contributed by atoms with Crippen LogP contribution < -0.4 is 11.1 Å². The summed E-state index contributed by atoms with van der Waals surface area (Å²) in [5.41, 5.74) is 4.27. The molecule has 0 atom stereocenters. The standard InChI is InChI=1S/C14H19F3N4O/c1-20-4-6-21(7-5-20)9-10-2-3-12(19-13(18)22)11(8-10)14(15,16)17/h2-3,8H,4-7,9H2,1H3,(H3,18,19,22). The maximum Gasteiger partial charge on any atom is 0.418 e. The summed E-state index contributed by atoms with van der Waals surface area (Å²) in [5.74, 6) is 0. The second kappa shape index (κ2) is 6.53. The maximum atomic E-state index is 13.1. The number of carbonyl (C=O) groups excluding carboxylic acids is 1. The van der Waals surface area contributed by atoms with Gasteiger partial charge in [-0.25, -0.2) is 4.79 Å². The van der Waals surface area contributed by atoms with Crippen LogP contribution in [-0.4, -0.2) is 49.1 Å². The van der Waals surface area contributed by atoms with Crippen molar-refractivity contribution in [3.63, 3.8) is 0 Å². The van der Waals surface area contributed by atoms with Gasteiger partial charge in [0.15, 0.2) is 0 Å². The lowest BCUT2D eigenvalue weighted by atomic mass is 10.1. The number of likely N-dealkylation sites (N-methyl/N-ethyl adjacent to an activating group) is 1. The van der Waals surface area contributed by atoms with E-state index in [0.29, 0.717) is 12.1 Å². The molecule has 2 amide bonds. The molecule has 22 heavy (non-hydrogen) atoms. The summed E-state index contributed by atoms with van der Waals surface area (Å²) in [6.07, 6.45) is -4.55. The molecule has 0 radical (unpaired) electrons. The molecule has 1 saturated heterocycles. The van der Waals surface area contributed by atoms with E-state index in [9.17, 15) is 18.0 Å². The maximum absolute atomic E-state index is 13.1. The van der Waals surface area contributed by atoms with Crippen LogP contribution in [0.25, 0.3) is 0 Å². The molecule has 1 fully saturated rings. The van der Waals surface area contributed by atoms with Gasteiger partial charge in [0.2, 0.25) is 0 Å². The Bertz CT molecular complexity index is 539. The molecular weight excluding hydrogens is 297 g/mol. The molecule has 2 rings (SSSR count). The Hall–Kier alpha value is -1.80. The SMILES string of the molecule is CN1CCN(Cc2ccc(NC(N)=O)c(C(F)(F)F)c2)CC1. The average molecular weight is 316 g/mol. The smallest absolute Gasteiger partial charge is 0.351 e. The number of carbonyl (C=O) groups is 1. The van der Waals surface area contributed by atoms with Crippen molar-refractivity contribution in [1.29, 1.82) is 0 Å². The minimum absolute atomic E-state index is 0.317. The molecule has 1 aliphatic heterocycles. The van der Waals surface area contributed by atoms with Gasteiger partial charge in [-0.1, -0.05) is 6.07 Å². The first kappa shape index (κ1) is 16.6. The van der Waals surface area contributed by atoms with Crippen molar-refractivity contribution in [3.8, 4) is 0 Å². The molecule has 1 heterocycles. The lowest BCUT2D eigenvalue weighted by molar-refractivity contribution is -0.137. The number of nitrogens with two attached hydrogens (primary N) is 1. The highest BCUT2D eigenvalue weighted by Crippen LogP contribution is 2.35. The number of amides is 2. The lowest BCUT2D eigenvalue weighted by Crippen LogP contribution is -2.43. The summed E-state index contributed by atoms with van der Waals surface area (Å²) in [7, 11) is 2.02. The number of hydrogen-bond donors (Lipinski definition) is 2. The predicted octanol–water partition coefficient (Wildman–Crippen LogP) is 1.94. The number of hydrogen-bond acceptors (Lipinski definition) is 3. The van der Waals surface area contributed by atoms with Crippen LogP contribution in [0.2, 0.25) is 0 Å². The molecule has 1 aromatic rings. The van der Waals surface area contributed by atoms with Crippen molar-refractivity contribution in [2.75, 3.05) is 38.5 Å². The summed E-state index contributed by atoms with van der Waals surface area (Å²) in [6.45, 7) is 3.88. The molecular formula is C14H19F3N4O. The minimum Gasteiger partial charge on any atom is -0.351 e. The van der Waals surface area contributed by atoms with E-state index in [1.807, 2.05) is 12.4 Å². The second-order valence-electron chi connectivity index (χ2n) is 5.45. The van der Waals surface area contributed by atoms with E-state index >= 15 is 0 Å². The van der Waals surface area contributed by atoms with Crippen molar-refractivity contribution >= 4 is 11.7 Å². The molecule has 1 aromatic carbocycles. The number of benzene rings is 1. The van der Waals surface area contributed by atoms with Gasteiger partial charge in [-0.3, -0.25) is 4.90 Å². The number of urea groups is 1. The van der Waals surface area contributed by atoms with E-state index < -0.39 is 17.8 Å². The molecule has 1 aliphatic rings. The van der Waals surface area contributed by atoms with Gasteiger partial charge < -0.3 is 16.0 Å². The summed E-state index contributed by atoms with van der Waals surface area (Å²) in [4.78, 5) is 15.1. The highest BCUT2D eigenvalue weighted by atomic mass is 19.4. The van der Waals surface area contributed by atoms with E-state index in [4.69, 9.17) is 5.73 Å². The van der Waals surface area contributed by atoms with Gasteiger partial charge in [-0.15, -0.1) is 0 Å². The van der Waals surface area contributed by atoms with Crippen molar-refractivity contribution < 1.29 is 18.0 Å². The summed E-state index contributed by atoms with van der Waals surface area (Å²) >= 11 is 0. The van der Waals surface area contributed by atoms with Crippen LogP contribution in [0.15, 0.2) is 18.2 Å². The van der Waals surface area contributed by atoms with Gasteiger partial charge in [0, 0.05) is 32.7 Å². The number of alkyl halides is 3. The van der Waals surface area contributed by atoms with E-state index in [-0.39, 0.29) is 5.69 Å². The van der Waals surface area contributed by atoms with E-state index in [0.717, 1.165) is 32.2 Å². The Morgan fingerprint density at radius 3 is 2.45 bits per heavy atom. The van der Waals surface area contributed by atoms with Crippen LogP contribution in [-0.2, 0) is 12.7 Å². The quantitative estimate of drug-likeness (QED) is 0.896. The van der Waals surface area contributed by atoms with Gasteiger partial charge in [-0.2, -0.15) is 13.2 Å². The molecule has 5 nitrogen and oxygen atoms in total. The van der Waals surface area contributed by atoms with Crippen molar-refractivity contribution in [2.45, 2.75) is 12.7 Å². The third kappa shape index (κ3) is 4.35. The molecule has 0 aliphatic carbocycles. The predicted molar refractivity (Wildman–Crippen MR) is 77.4 cm³/mol. The summed E-state index contributed by atoms with van der Waals surface area (Å²) in [6, 6.07) is 2.89.